The largest absolute Gasteiger partial charge is 0.342 e. The van der Waals surface area contributed by atoms with Gasteiger partial charge < -0.3 is 9.97 Å². The molecule has 2 N–H and O–H groups in total. The van der Waals surface area contributed by atoms with Gasteiger partial charge in [0, 0.05) is 0 Å². The van der Waals surface area contributed by atoms with Gasteiger partial charge in [-0.1, -0.05) is 0 Å². The third-order valence-electron chi connectivity index (χ3n) is 3.32. The molecular weight excluding hydrogens is 274 g/mol. The van der Waals surface area contributed by atoms with Crippen LogP contribution in [0.15, 0.2) is 36.4 Å². The van der Waals surface area contributed by atoms with Gasteiger partial charge in [-0.05, 0) is 36.4 Å². The van der Waals surface area contributed by atoms with Crippen molar-refractivity contribution in [3.63, 3.8) is 0 Å². The molecule has 0 saturated carbocycles. The van der Waals surface area contributed by atoms with Crippen LogP contribution in [0.25, 0.3) is 22.1 Å². The zero-order chi connectivity index (χ0) is 14.4. The molecule has 2 heterocycles. The Morgan fingerprint density at radius 2 is 1.24 bits per heavy atom. The Morgan fingerprint density at radius 1 is 0.762 bits per heavy atom. The van der Waals surface area contributed by atoms with E-state index in [-0.39, 0.29) is 11.6 Å². The van der Waals surface area contributed by atoms with Crippen LogP contribution in [-0.2, 0) is 6.42 Å². The minimum absolute atomic E-state index is 0.308. The maximum absolute atomic E-state index is 13.1. The quantitative estimate of drug-likeness (QED) is 0.593. The number of halogens is 2. The standard InChI is InChI=1S/C15H10F2N4/c16-8-1-3-10-12(5-8)20-14(18-10)7-15-19-11-4-2-9(17)6-13(11)21-15/h1-6H,7H2,(H,18,20)(H,19,21). The van der Waals surface area contributed by atoms with Gasteiger partial charge in [0.05, 0.1) is 28.5 Å². The van der Waals surface area contributed by atoms with Crippen molar-refractivity contribution in [1.82, 2.24) is 19.9 Å². The molecule has 0 unspecified atom stereocenters. The zero-order valence-electron chi connectivity index (χ0n) is 10.8. The zero-order valence-corrected chi connectivity index (χ0v) is 10.8. The number of aromatic amines is 2. The average molecular weight is 284 g/mol. The molecule has 0 aliphatic heterocycles. The molecule has 0 saturated heterocycles. The van der Waals surface area contributed by atoms with E-state index < -0.39 is 0 Å². The Balaban J connectivity index is 1.71. The van der Waals surface area contributed by atoms with Gasteiger partial charge in [0.15, 0.2) is 0 Å². The third-order valence-corrected chi connectivity index (χ3v) is 3.32. The fourth-order valence-corrected chi connectivity index (χ4v) is 2.40. The number of H-pyrrole nitrogens is 2. The molecule has 4 rings (SSSR count). The van der Waals surface area contributed by atoms with E-state index in [1.807, 2.05) is 0 Å². The van der Waals surface area contributed by atoms with Crippen molar-refractivity contribution >= 4 is 22.1 Å². The maximum atomic E-state index is 13.1. The van der Waals surface area contributed by atoms with E-state index in [0.29, 0.717) is 40.1 Å². The van der Waals surface area contributed by atoms with Gasteiger partial charge in [-0.2, -0.15) is 0 Å². The first-order valence-electron chi connectivity index (χ1n) is 6.46. The SMILES string of the molecule is Fc1ccc2nc(Cc3nc4ccc(F)cc4[nH]3)[nH]c2c1. The van der Waals surface area contributed by atoms with Gasteiger partial charge in [-0.25, -0.2) is 18.7 Å². The summed E-state index contributed by atoms with van der Waals surface area (Å²) in [6, 6.07) is 8.80. The number of hydrogen-bond donors (Lipinski definition) is 2. The van der Waals surface area contributed by atoms with E-state index in [0.717, 1.165) is 0 Å². The van der Waals surface area contributed by atoms with Crippen molar-refractivity contribution in [2.24, 2.45) is 0 Å². The van der Waals surface area contributed by atoms with Gasteiger partial charge in [0.2, 0.25) is 0 Å². The van der Waals surface area contributed by atoms with E-state index in [9.17, 15) is 8.78 Å². The number of rotatable bonds is 2. The van der Waals surface area contributed by atoms with Gasteiger partial charge in [0.25, 0.3) is 0 Å². The van der Waals surface area contributed by atoms with Crippen LogP contribution in [-0.4, -0.2) is 19.9 Å². The van der Waals surface area contributed by atoms with Crippen molar-refractivity contribution in [2.75, 3.05) is 0 Å². The van der Waals surface area contributed by atoms with Crippen molar-refractivity contribution < 1.29 is 8.78 Å². The normalized spacial score (nSPS) is 11.5. The van der Waals surface area contributed by atoms with Crippen LogP contribution in [0.4, 0.5) is 8.78 Å². The first-order chi connectivity index (χ1) is 10.2. The first kappa shape index (κ1) is 12.0. The Bertz CT molecular complexity index is 877. The van der Waals surface area contributed by atoms with E-state index in [2.05, 4.69) is 19.9 Å². The second-order valence-corrected chi connectivity index (χ2v) is 4.87. The third kappa shape index (κ3) is 2.14. The van der Waals surface area contributed by atoms with Gasteiger partial charge in [-0.15, -0.1) is 0 Å². The Kier molecular flexibility index (Phi) is 2.50. The number of nitrogens with zero attached hydrogens (tertiary/aromatic N) is 2. The molecule has 0 bridgehead atoms. The maximum Gasteiger partial charge on any atom is 0.125 e. The molecule has 0 aliphatic rings. The summed E-state index contributed by atoms with van der Waals surface area (Å²) in [6.07, 6.45) is 0.437. The molecule has 0 atom stereocenters. The molecule has 0 fully saturated rings. The number of hydrogen-bond acceptors (Lipinski definition) is 2. The van der Waals surface area contributed by atoms with Crippen LogP contribution in [0.3, 0.4) is 0 Å². The summed E-state index contributed by atoms with van der Waals surface area (Å²) in [5.74, 6) is 0.735. The number of benzene rings is 2. The fraction of sp³-hybridized carbons (Fsp3) is 0.0667. The fourth-order valence-electron chi connectivity index (χ4n) is 2.40. The van der Waals surface area contributed by atoms with Gasteiger partial charge in [0.1, 0.15) is 23.3 Å². The lowest BCUT2D eigenvalue weighted by Gasteiger charge is -1.90. The topological polar surface area (TPSA) is 57.4 Å². The molecule has 21 heavy (non-hydrogen) atoms. The number of fused-ring (bicyclic) bond motifs is 2. The van der Waals surface area contributed by atoms with Crippen molar-refractivity contribution in [3.05, 3.63) is 59.7 Å². The molecule has 0 spiro atoms. The second kappa shape index (κ2) is 4.37. The minimum atomic E-state index is -0.308. The summed E-state index contributed by atoms with van der Waals surface area (Å²) in [7, 11) is 0. The summed E-state index contributed by atoms with van der Waals surface area (Å²) in [5, 5.41) is 0. The summed E-state index contributed by atoms with van der Waals surface area (Å²) in [5.41, 5.74) is 2.70. The van der Waals surface area contributed by atoms with Crippen LogP contribution in [0.2, 0.25) is 0 Å². The lowest BCUT2D eigenvalue weighted by molar-refractivity contribution is 0.629. The summed E-state index contributed by atoms with van der Waals surface area (Å²) in [4.78, 5) is 14.9. The Morgan fingerprint density at radius 3 is 1.71 bits per heavy atom. The molecule has 0 radical (unpaired) electrons. The van der Waals surface area contributed by atoms with Gasteiger partial charge in [-0.3, -0.25) is 0 Å². The smallest absolute Gasteiger partial charge is 0.125 e. The molecule has 4 aromatic rings. The highest BCUT2D eigenvalue weighted by Gasteiger charge is 2.08. The highest BCUT2D eigenvalue weighted by molar-refractivity contribution is 5.76. The lowest BCUT2D eigenvalue weighted by Crippen LogP contribution is -1.92. The number of imidazole rings is 2. The molecule has 2 aromatic heterocycles. The van der Waals surface area contributed by atoms with E-state index >= 15 is 0 Å². The number of aromatic nitrogens is 4. The lowest BCUT2D eigenvalue weighted by atomic mass is 10.3. The summed E-state index contributed by atoms with van der Waals surface area (Å²) < 4.78 is 26.3. The molecule has 2 aromatic carbocycles. The average Bonchev–Trinajstić information content (AvgIpc) is 3.00. The van der Waals surface area contributed by atoms with Crippen LogP contribution in [0.5, 0.6) is 0 Å². The van der Waals surface area contributed by atoms with Crippen molar-refractivity contribution in [1.29, 1.82) is 0 Å². The van der Waals surface area contributed by atoms with Crippen LogP contribution in [0.1, 0.15) is 11.6 Å². The van der Waals surface area contributed by atoms with Gasteiger partial charge >= 0.3 is 0 Å². The minimum Gasteiger partial charge on any atom is -0.342 e. The second-order valence-electron chi connectivity index (χ2n) is 4.87. The van der Waals surface area contributed by atoms with Crippen molar-refractivity contribution in [3.8, 4) is 0 Å². The molecular formula is C15H10F2N4. The van der Waals surface area contributed by atoms with E-state index in [1.54, 1.807) is 12.1 Å². The predicted octanol–water partition coefficient (Wildman–Crippen LogP) is 3.31. The molecule has 6 heteroatoms. The molecule has 0 amide bonds. The molecule has 104 valence electrons. The van der Waals surface area contributed by atoms with Crippen molar-refractivity contribution in [2.45, 2.75) is 6.42 Å². The summed E-state index contributed by atoms with van der Waals surface area (Å²) >= 11 is 0. The van der Waals surface area contributed by atoms with Crippen LogP contribution >= 0.6 is 0 Å². The van der Waals surface area contributed by atoms with Crippen LogP contribution < -0.4 is 0 Å². The molecule has 0 aliphatic carbocycles. The first-order valence-corrected chi connectivity index (χ1v) is 6.46. The van der Waals surface area contributed by atoms with Crippen LogP contribution in [0, 0.1) is 11.6 Å². The predicted molar refractivity (Wildman–Crippen MR) is 74.9 cm³/mol. The Hall–Kier alpha value is -2.76. The summed E-state index contributed by atoms with van der Waals surface area (Å²) in [6.45, 7) is 0. The van der Waals surface area contributed by atoms with E-state index in [4.69, 9.17) is 0 Å². The highest BCUT2D eigenvalue weighted by Crippen LogP contribution is 2.17. The van der Waals surface area contributed by atoms with E-state index in [1.165, 1.54) is 24.3 Å². The highest BCUT2D eigenvalue weighted by atomic mass is 19.1. The number of nitrogens with one attached hydrogen (secondary N) is 2. The molecule has 4 nitrogen and oxygen atoms in total. The Labute approximate surface area is 117 Å². The monoisotopic (exact) mass is 284 g/mol.